The van der Waals surface area contributed by atoms with E-state index in [1.807, 2.05) is 26.0 Å². The van der Waals surface area contributed by atoms with E-state index in [1.165, 1.54) is 11.3 Å². The Labute approximate surface area is 190 Å². The molecule has 7 nitrogen and oxygen atoms in total. The number of hydrogen-bond acceptors (Lipinski definition) is 6. The summed E-state index contributed by atoms with van der Waals surface area (Å²) >= 11 is 7.61. The highest BCUT2D eigenvalue weighted by Gasteiger charge is 2.33. The lowest BCUT2D eigenvalue weighted by Gasteiger charge is -2.24. The molecule has 1 aliphatic rings. The van der Waals surface area contributed by atoms with Crippen molar-refractivity contribution in [3.05, 3.63) is 50.9 Å². The second-order valence-electron chi connectivity index (χ2n) is 7.28. The fraction of sp³-hybridized carbons (Fsp3) is 0.318. The van der Waals surface area contributed by atoms with E-state index >= 15 is 0 Å². The summed E-state index contributed by atoms with van der Waals surface area (Å²) in [5.41, 5.74) is 3.53. The molecular weight excluding hydrogens is 434 g/mol. The summed E-state index contributed by atoms with van der Waals surface area (Å²) in [6.07, 6.45) is 1.04. The average molecular weight is 458 g/mol. The zero-order valence-electron chi connectivity index (χ0n) is 17.6. The number of nitrogens with one attached hydrogen (secondary N) is 3. The van der Waals surface area contributed by atoms with Gasteiger partial charge in [0.05, 0.1) is 12.3 Å². The highest BCUT2D eigenvalue weighted by molar-refractivity contribution is 7.17. The number of carbonyl (C=O) groups is 2. The van der Waals surface area contributed by atoms with Gasteiger partial charge in [-0.05, 0) is 44.9 Å². The number of benzene rings is 1. The SMILES string of the molecule is CC(=N)N1C(=N)C(CCC(=O)NCC=O)N=C(c2ccc(Cl)cc2)c2c1sc(C)c2C. The summed E-state index contributed by atoms with van der Waals surface area (Å²) in [6.45, 7) is 5.64. The van der Waals surface area contributed by atoms with Crippen molar-refractivity contribution in [1.82, 2.24) is 5.32 Å². The topological polar surface area (TPSA) is 109 Å². The minimum Gasteiger partial charge on any atom is -0.349 e. The molecule has 2 aromatic rings. The first-order chi connectivity index (χ1) is 14.7. The predicted molar refractivity (Wildman–Crippen MR) is 127 cm³/mol. The second kappa shape index (κ2) is 9.53. The average Bonchev–Trinajstić information content (AvgIpc) is 2.94. The number of nitrogens with zero attached hydrogens (tertiary/aromatic N) is 2. The Bertz CT molecular complexity index is 1070. The number of carbonyl (C=O) groups excluding carboxylic acids is 2. The van der Waals surface area contributed by atoms with Crippen LogP contribution in [-0.4, -0.2) is 42.2 Å². The lowest BCUT2D eigenvalue weighted by molar-refractivity contribution is -0.122. The lowest BCUT2D eigenvalue weighted by Crippen LogP contribution is -2.40. The standard InChI is InChI=1S/C22H24ClN5O2S/c1-12-13(2)31-22-19(12)20(15-4-6-16(23)7-5-15)27-17(21(25)28(22)14(3)24)8-9-18(30)26-10-11-29/h4-7,11,17,24-25H,8-10H2,1-3H3,(H,26,30). The second-order valence-corrected chi connectivity index (χ2v) is 8.92. The fourth-order valence-electron chi connectivity index (χ4n) is 3.46. The molecule has 0 radical (unpaired) electrons. The van der Waals surface area contributed by atoms with Gasteiger partial charge < -0.3 is 10.1 Å². The van der Waals surface area contributed by atoms with Crippen molar-refractivity contribution in [2.45, 2.75) is 39.7 Å². The van der Waals surface area contributed by atoms with Crippen LogP contribution < -0.4 is 10.2 Å². The molecule has 1 aliphatic heterocycles. The summed E-state index contributed by atoms with van der Waals surface area (Å²) in [7, 11) is 0. The van der Waals surface area contributed by atoms with Gasteiger partial charge in [-0.1, -0.05) is 23.7 Å². The van der Waals surface area contributed by atoms with Crippen molar-refractivity contribution in [1.29, 1.82) is 10.8 Å². The summed E-state index contributed by atoms with van der Waals surface area (Å²) in [5.74, 6) is 0.102. The number of fused-ring (bicyclic) bond motifs is 1. The van der Waals surface area contributed by atoms with Gasteiger partial charge in [0.25, 0.3) is 0 Å². The normalized spacial score (nSPS) is 15.7. The van der Waals surface area contributed by atoms with E-state index < -0.39 is 6.04 Å². The van der Waals surface area contributed by atoms with Crippen LogP contribution >= 0.6 is 22.9 Å². The summed E-state index contributed by atoms with van der Waals surface area (Å²) in [6, 6.07) is 6.76. The van der Waals surface area contributed by atoms with Gasteiger partial charge >= 0.3 is 0 Å². The van der Waals surface area contributed by atoms with Crippen molar-refractivity contribution in [2.24, 2.45) is 4.99 Å². The maximum Gasteiger partial charge on any atom is 0.220 e. The highest BCUT2D eigenvalue weighted by atomic mass is 35.5. The minimum absolute atomic E-state index is 0.0400. The Morgan fingerprint density at radius 2 is 2.00 bits per heavy atom. The third kappa shape index (κ3) is 4.75. The molecular formula is C22H24ClN5O2S. The van der Waals surface area contributed by atoms with Gasteiger partial charge in [-0.3, -0.25) is 25.5 Å². The molecule has 0 fully saturated rings. The maximum atomic E-state index is 12.1. The van der Waals surface area contributed by atoms with E-state index in [0.717, 1.165) is 32.3 Å². The zero-order chi connectivity index (χ0) is 22.7. The van der Waals surface area contributed by atoms with Gasteiger partial charge in [0, 0.05) is 27.4 Å². The number of aldehydes is 1. The van der Waals surface area contributed by atoms with Crippen LogP contribution in [0.2, 0.25) is 5.02 Å². The van der Waals surface area contributed by atoms with Crippen LogP contribution in [0.25, 0.3) is 0 Å². The van der Waals surface area contributed by atoms with E-state index in [-0.39, 0.29) is 37.0 Å². The zero-order valence-corrected chi connectivity index (χ0v) is 19.2. The van der Waals surface area contributed by atoms with E-state index in [9.17, 15) is 9.59 Å². The molecule has 0 saturated heterocycles. The number of aliphatic imine (C=N–C) groups is 1. The van der Waals surface area contributed by atoms with E-state index in [1.54, 1.807) is 24.0 Å². The number of hydrogen-bond donors (Lipinski definition) is 3. The maximum absolute atomic E-state index is 12.1. The Hall–Kier alpha value is -2.84. The third-order valence-corrected chi connectivity index (χ3v) is 6.57. The number of thiophene rings is 1. The van der Waals surface area contributed by atoms with Crippen molar-refractivity contribution in [3.63, 3.8) is 0 Å². The van der Waals surface area contributed by atoms with Gasteiger partial charge in [0.2, 0.25) is 5.91 Å². The highest BCUT2D eigenvalue weighted by Crippen LogP contribution is 2.40. The van der Waals surface area contributed by atoms with Crippen LogP contribution in [0, 0.1) is 24.7 Å². The number of rotatable bonds is 6. The molecule has 162 valence electrons. The van der Waals surface area contributed by atoms with Crippen LogP contribution in [0.1, 0.15) is 41.3 Å². The number of amidine groups is 2. The smallest absolute Gasteiger partial charge is 0.220 e. The Morgan fingerprint density at radius 1 is 1.32 bits per heavy atom. The first kappa shape index (κ1) is 22.8. The van der Waals surface area contributed by atoms with Gasteiger partial charge in [0.1, 0.15) is 29.0 Å². The molecule has 1 amide bonds. The monoisotopic (exact) mass is 457 g/mol. The van der Waals surface area contributed by atoms with Crippen LogP contribution in [-0.2, 0) is 9.59 Å². The largest absolute Gasteiger partial charge is 0.349 e. The van der Waals surface area contributed by atoms with Gasteiger partial charge in [-0.25, -0.2) is 0 Å². The molecule has 2 heterocycles. The molecule has 0 saturated carbocycles. The predicted octanol–water partition coefficient (Wildman–Crippen LogP) is 4.11. The quantitative estimate of drug-likeness (QED) is 0.345. The molecule has 0 bridgehead atoms. The number of aryl methyl sites for hydroxylation is 1. The minimum atomic E-state index is -0.618. The van der Waals surface area contributed by atoms with Crippen molar-refractivity contribution in [2.75, 3.05) is 11.4 Å². The molecule has 0 spiro atoms. The number of amides is 1. The summed E-state index contributed by atoms with van der Waals surface area (Å²) < 4.78 is 0. The lowest BCUT2D eigenvalue weighted by atomic mass is 9.99. The molecule has 3 N–H and O–H groups in total. The Morgan fingerprint density at radius 3 is 2.61 bits per heavy atom. The summed E-state index contributed by atoms with van der Waals surface area (Å²) in [4.78, 5) is 30.2. The van der Waals surface area contributed by atoms with Gasteiger partial charge in [-0.2, -0.15) is 0 Å². The molecule has 9 heteroatoms. The van der Waals surface area contributed by atoms with Crippen molar-refractivity contribution < 1.29 is 9.59 Å². The molecule has 1 aromatic heterocycles. The van der Waals surface area contributed by atoms with Crippen LogP contribution in [0.4, 0.5) is 5.00 Å². The van der Waals surface area contributed by atoms with Crippen molar-refractivity contribution >= 4 is 57.5 Å². The first-order valence-corrected chi connectivity index (χ1v) is 11.0. The third-order valence-electron chi connectivity index (χ3n) is 5.13. The van der Waals surface area contributed by atoms with E-state index in [2.05, 4.69) is 5.32 Å². The molecule has 3 rings (SSSR count). The van der Waals surface area contributed by atoms with Crippen LogP contribution in [0.5, 0.6) is 0 Å². The number of halogens is 1. The number of anilines is 1. The first-order valence-electron chi connectivity index (χ1n) is 9.82. The Balaban J connectivity index is 2.11. The molecule has 1 aromatic carbocycles. The van der Waals surface area contributed by atoms with Crippen LogP contribution in [0.15, 0.2) is 29.3 Å². The van der Waals surface area contributed by atoms with E-state index in [4.69, 9.17) is 27.4 Å². The molecule has 0 aliphatic carbocycles. The molecule has 1 unspecified atom stereocenters. The molecule has 31 heavy (non-hydrogen) atoms. The fourth-order valence-corrected chi connectivity index (χ4v) is 4.81. The van der Waals surface area contributed by atoms with Crippen LogP contribution in [0.3, 0.4) is 0 Å². The van der Waals surface area contributed by atoms with Gasteiger partial charge in [-0.15, -0.1) is 11.3 Å². The van der Waals surface area contributed by atoms with E-state index in [0.29, 0.717) is 11.3 Å². The Kier molecular flexibility index (Phi) is 7.02. The molecule has 1 atom stereocenters. The van der Waals surface area contributed by atoms with Gasteiger partial charge in [0.15, 0.2) is 0 Å². The van der Waals surface area contributed by atoms with Crippen molar-refractivity contribution in [3.8, 4) is 0 Å². The summed E-state index contributed by atoms with van der Waals surface area (Å²) in [5, 5.41) is 21.1.